The van der Waals surface area contributed by atoms with Gasteiger partial charge in [-0.15, -0.1) is 0 Å². The van der Waals surface area contributed by atoms with E-state index in [0.717, 1.165) is 42.6 Å². The summed E-state index contributed by atoms with van der Waals surface area (Å²) in [5, 5.41) is 19.0. The molecule has 2 aromatic rings. The van der Waals surface area contributed by atoms with Crippen LogP contribution < -0.4 is 20.7 Å². The van der Waals surface area contributed by atoms with Crippen LogP contribution in [0.4, 0.5) is 10.5 Å². The molecule has 2 aromatic carbocycles. The highest BCUT2D eigenvalue weighted by Crippen LogP contribution is 2.47. The van der Waals surface area contributed by atoms with E-state index in [-0.39, 0.29) is 49.1 Å². The molecule has 0 radical (unpaired) electrons. The molecule has 8 heteroatoms. The van der Waals surface area contributed by atoms with Crippen molar-refractivity contribution in [3.05, 3.63) is 59.7 Å². The molecule has 4 atom stereocenters. The van der Waals surface area contributed by atoms with Gasteiger partial charge in [0.05, 0.1) is 19.1 Å². The summed E-state index contributed by atoms with van der Waals surface area (Å²) >= 11 is 0. The van der Waals surface area contributed by atoms with Crippen molar-refractivity contribution in [1.29, 1.82) is 0 Å². The normalized spacial score (nSPS) is 25.2. The van der Waals surface area contributed by atoms with Crippen molar-refractivity contribution < 1.29 is 24.2 Å². The summed E-state index contributed by atoms with van der Waals surface area (Å²) in [7, 11) is 0. The second kappa shape index (κ2) is 11.3. The zero-order valence-corrected chi connectivity index (χ0v) is 20.4. The van der Waals surface area contributed by atoms with E-state index in [1.54, 1.807) is 0 Å². The number of anilines is 1. The fraction of sp³-hybridized carbons (Fsp3) is 0.500. The Kier molecular flexibility index (Phi) is 7.72. The molecule has 8 nitrogen and oxygen atoms in total. The first-order chi connectivity index (χ1) is 17.6. The monoisotopic (exact) mass is 493 g/mol. The number of fused-ring (bicyclic) bond motifs is 3. The van der Waals surface area contributed by atoms with Gasteiger partial charge >= 0.3 is 6.03 Å². The first-order valence-corrected chi connectivity index (χ1v) is 13.0. The number of ether oxygens (including phenoxy) is 2. The summed E-state index contributed by atoms with van der Waals surface area (Å²) in [6.45, 7) is 0.276. The maximum atomic E-state index is 12.6. The lowest BCUT2D eigenvalue weighted by Crippen LogP contribution is -2.47. The number of aliphatic hydroxyl groups is 1. The van der Waals surface area contributed by atoms with E-state index in [1.807, 2.05) is 48.5 Å². The van der Waals surface area contributed by atoms with E-state index < -0.39 is 6.10 Å². The molecule has 0 spiro atoms. The Balaban J connectivity index is 1.21. The Labute approximate surface area is 211 Å². The molecule has 1 aliphatic carbocycles. The average molecular weight is 494 g/mol. The number of nitrogens with one attached hydrogen (secondary N) is 3. The molecule has 2 heterocycles. The smallest absolute Gasteiger partial charge is 0.319 e. The third kappa shape index (κ3) is 5.82. The number of amides is 3. The van der Waals surface area contributed by atoms with Gasteiger partial charge < -0.3 is 30.5 Å². The van der Waals surface area contributed by atoms with Crippen molar-refractivity contribution in [1.82, 2.24) is 10.6 Å². The number of hydrogen-bond acceptors (Lipinski definition) is 5. The number of carbonyl (C=O) groups is 2. The van der Waals surface area contributed by atoms with Crippen molar-refractivity contribution in [3.63, 3.8) is 0 Å². The van der Waals surface area contributed by atoms with Gasteiger partial charge in [0.2, 0.25) is 5.91 Å². The SMILES string of the molecule is O=C(C[C@H]1C[C@H]2c3cc(NC(=O)NC4CCCCC4)ccc3O[C@H]2[C@@H](CO)O1)NCc1ccccc1. The summed E-state index contributed by atoms with van der Waals surface area (Å²) in [4.78, 5) is 25.2. The molecule has 2 aliphatic heterocycles. The van der Waals surface area contributed by atoms with Crippen LogP contribution in [0.2, 0.25) is 0 Å². The molecular weight excluding hydrogens is 458 g/mol. The number of aliphatic hydroxyl groups excluding tert-OH is 1. The fourth-order valence-electron chi connectivity index (χ4n) is 5.64. The standard InChI is InChI=1S/C28H35N3O5/c32-17-25-27-23(14-21(35-25)15-26(33)29-16-18-7-3-1-4-8-18)22-13-20(11-12-24(22)36-27)31-28(34)30-19-9-5-2-6-10-19/h1,3-4,7-8,11-13,19,21,23,25,27,32H,2,5-6,9-10,14-17H2,(H,29,33)(H2,30,31,34)/t21-,23+,25-,27-/m1/s1. The van der Waals surface area contributed by atoms with E-state index in [4.69, 9.17) is 9.47 Å². The van der Waals surface area contributed by atoms with Gasteiger partial charge in [0.15, 0.2) is 0 Å². The molecule has 3 amide bonds. The molecular formula is C28H35N3O5. The number of urea groups is 1. The third-order valence-corrected chi connectivity index (χ3v) is 7.44. The van der Waals surface area contributed by atoms with Crippen LogP contribution in [0.1, 0.15) is 62.0 Å². The highest BCUT2D eigenvalue weighted by atomic mass is 16.6. The molecule has 36 heavy (non-hydrogen) atoms. The van der Waals surface area contributed by atoms with Crippen molar-refractivity contribution in [2.24, 2.45) is 0 Å². The van der Waals surface area contributed by atoms with Crippen LogP contribution in [0.15, 0.2) is 48.5 Å². The van der Waals surface area contributed by atoms with Crippen molar-refractivity contribution in [2.45, 2.75) is 81.8 Å². The van der Waals surface area contributed by atoms with Crippen LogP contribution in [0.25, 0.3) is 0 Å². The average Bonchev–Trinajstić information content (AvgIpc) is 3.26. The molecule has 4 N–H and O–H groups in total. The number of benzene rings is 2. The first kappa shape index (κ1) is 24.6. The molecule has 0 unspecified atom stereocenters. The Morgan fingerprint density at radius 3 is 2.61 bits per heavy atom. The van der Waals surface area contributed by atoms with Gasteiger partial charge in [-0.25, -0.2) is 4.79 Å². The summed E-state index contributed by atoms with van der Waals surface area (Å²) in [5.41, 5.74) is 2.72. The number of rotatable bonds is 7. The Hall–Kier alpha value is -3.10. The third-order valence-electron chi connectivity index (χ3n) is 7.44. The maximum absolute atomic E-state index is 12.6. The Morgan fingerprint density at radius 2 is 1.83 bits per heavy atom. The lowest BCUT2D eigenvalue weighted by molar-refractivity contribution is -0.142. The van der Waals surface area contributed by atoms with Gasteiger partial charge in [-0.1, -0.05) is 49.6 Å². The topological polar surface area (TPSA) is 109 Å². The molecule has 2 fully saturated rings. The van der Waals surface area contributed by atoms with Crippen molar-refractivity contribution in [2.75, 3.05) is 11.9 Å². The lowest BCUT2D eigenvalue weighted by atomic mass is 9.84. The predicted octanol–water partition coefficient (Wildman–Crippen LogP) is 3.84. The number of hydrogen-bond donors (Lipinski definition) is 4. The fourth-order valence-corrected chi connectivity index (χ4v) is 5.64. The minimum absolute atomic E-state index is 0.0269. The van der Waals surface area contributed by atoms with E-state index in [2.05, 4.69) is 16.0 Å². The highest BCUT2D eigenvalue weighted by Gasteiger charge is 2.46. The Morgan fingerprint density at radius 1 is 1.03 bits per heavy atom. The summed E-state index contributed by atoms with van der Waals surface area (Å²) < 4.78 is 12.2. The van der Waals surface area contributed by atoms with E-state index >= 15 is 0 Å². The van der Waals surface area contributed by atoms with Gasteiger partial charge in [0.1, 0.15) is 18.0 Å². The molecule has 3 aliphatic rings. The lowest BCUT2D eigenvalue weighted by Gasteiger charge is -2.37. The van der Waals surface area contributed by atoms with E-state index in [0.29, 0.717) is 18.7 Å². The summed E-state index contributed by atoms with van der Waals surface area (Å²) in [6, 6.07) is 15.5. The molecule has 1 saturated carbocycles. The van der Waals surface area contributed by atoms with Crippen LogP contribution in [0.3, 0.4) is 0 Å². The maximum Gasteiger partial charge on any atom is 0.319 e. The zero-order valence-electron chi connectivity index (χ0n) is 20.4. The first-order valence-electron chi connectivity index (χ1n) is 13.0. The molecule has 192 valence electrons. The summed E-state index contributed by atoms with van der Waals surface area (Å²) in [5.74, 6) is 0.619. The van der Waals surface area contributed by atoms with E-state index in [1.165, 1.54) is 6.42 Å². The van der Waals surface area contributed by atoms with Crippen molar-refractivity contribution >= 4 is 17.6 Å². The highest BCUT2D eigenvalue weighted by molar-refractivity contribution is 5.89. The molecule has 0 aromatic heterocycles. The van der Waals surface area contributed by atoms with E-state index in [9.17, 15) is 14.7 Å². The van der Waals surface area contributed by atoms with Crippen LogP contribution in [-0.4, -0.2) is 48.0 Å². The van der Waals surface area contributed by atoms with Gasteiger partial charge in [-0.3, -0.25) is 4.79 Å². The van der Waals surface area contributed by atoms with Gasteiger partial charge in [0, 0.05) is 29.8 Å². The second-order valence-electron chi connectivity index (χ2n) is 10.1. The van der Waals surface area contributed by atoms with Crippen LogP contribution >= 0.6 is 0 Å². The zero-order chi connectivity index (χ0) is 24.9. The van der Waals surface area contributed by atoms with Gasteiger partial charge in [0.25, 0.3) is 0 Å². The quantitative estimate of drug-likeness (QED) is 0.469. The van der Waals surface area contributed by atoms with Crippen LogP contribution in [0, 0.1) is 0 Å². The van der Waals surface area contributed by atoms with Crippen LogP contribution in [-0.2, 0) is 16.1 Å². The molecule has 5 rings (SSSR count). The predicted molar refractivity (Wildman–Crippen MR) is 136 cm³/mol. The molecule has 1 saturated heterocycles. The van der Waals surface area contributed by atoms with Crippen molar-refractivity contribution in [3.8, 4) is 5.75 Å². The van der Waals surface area contributed by atoms with Crippen LogP contribution in [0.5, 0.6) is 5.75 Å². The minimum atomic E-state index is -0.519. The number of carbonyl (C=O) groups excluding carboxylic acids is 2. The molecule has 0 bridgehead atoms. The second-order valence-corrected chi connectivity index (χ2v) is 10.1. The summed E-state index contributed by atoms with van der Waals surface area (Å²) in [6.07, 6.45) is 5.24. The largest absolute Gasteiger partial charge is 0.487 e. The minimum Gasteiger partial charge on any atom is -0.487 e. The Bertz CT molecular complexity index is 1060. The van der Waals surface area contributed by atoms with Gasteiger partial charge in [-0.05, 0) is 43.0 Å². The van der Waals surface area contributed by atoms with Gasteiger partial charge in [-0.2, -0.15) is 0 Å².